The van der Waals surface area contributed by atoms with Crippen LogP contribution in [0.3, 0.4) is 0 Å². The van der Waals surface area contributed by atoms with Crippen molar-refractivity contribution < 1.29 is 4.11 Å². The van der Waals surface area contributed by atoms with E-state index in [1.807, 2.05) is 50.6 Å². The van der Waals surface area contributed by atoms with Crippen molar-refractivity contribution in [3.05, 3.63) is 60.1 Å². The lowest BCUT2D eigenvalue weighted by Gasteiger charge is -2.30. The predicted octanol–water partition coefficient (Wildman–Crippen LogP) is 4.57. The van der Waals surface area contributed by atoms with Gasteiger partial charge in [-0.3, -0.25) is 4.98 Å². The van der Waals surface area contributed by atoms with Gasteiger partial charge in [-0.1, -0.05) is 24.3 Å². The van der Waals surface area contributed by atoms with Crippen molar-refractivity contribution >= 4 is 27.4 Å². The van der Waals surface area contributed by atoms with Crippen molar-refractivity contribution in [3.63, 3.8) is 0 Å². The van der Waals surface area contributed by atoms with Gasteiger partial charge in [-0.2, -0.15) is 0 Å². The number of aryl methyl sites for hydroxylation is 2. The molecule has 0 saturated carbocycles. The van der Waals surface area contributed by atoms with Crippen molar-refractivity contribution in [2.75, 3.05) is 11.9 Å². The maximum absolute atomic E-state index is 8.05. The Balaban J connectivity index is 2.14. The van der Waals surface area contributed by atoms with Gasteiger partial charge in [-0.25, -0.2) is 0 Å². The highest BCUT2D eigenvalue weighted by Crippen LogP contribution is 2.38. The number of rotatable bonds is 1. The van der Waals surface area contributed by atoms with Crippen molar-refractivity contribution in [2.45, 2.75) is 26.9 Å². The number of anilines is 1. The lowest BCUT2D eigenvalue weighted by molar-refractivity contribution is 0.383. The molecular formula is C20H21N3. The van der Waals surface area contributed by atoms with E-state index in [1.54, 1.807) is 12.3 Å². The molecule has 0 saturated heterocycles. The van der Waals surface area contributed by atoms with Gasteiger partial charge in [-0.15, -0.1) is 0 Å². The Morgan fingerprint density at radius 2 is 2.04 bits per heavy atom. The molecule has 3 nitrogen and oxygen atoms in total. The zero-order valence-electron chi connectivity index (χ0n) is 16.5. The number of hydrogen-bond donors (Lipinski definition) is 0. The Morgan fingerprint density at radius 3 is 2.78 bits per heavy atom. The topological polar surface area (TPSA) is 19.4 Å². The normalized spacial score (nSPS) is 20.1. The quantitative estimate of drug-likeness (QED) is 0.614. The van der Waals surface area contributed by atoms with E-state index in [9.17, 15) is 0 Å². The maximum atomic E-state index is 8.05. The largest absolute Gasteiger partial charge is 0.359 e. The van der Waals surface area contributed by atoms with E-state index < -0.39 is 6.85 Å². The summed E-state index contributed by atoms with van der Waals surface area (Å²) in [6.07, 6.45) is 5.96. The average Bonchev–Trinajstić information content (AvgIpc) is 2.92. The molecule has 4 rings (SSSR count). The molecule has 1 aromatic heterocycles. The fourth-order valence-corrected chi connectivity index (χ4v) is 3.41. The first kappa shape index (κ1) is 11.1. The Hall–Kier alpha value is -2.55. The van der Waals surface area contributed by atoms with E-state index in [1.165, 1.54) is 0 Å². The lowest BCUT2D eigenvalue weighted by Crippen LogP contribution is -2.33. The number of aromatic nitrogens is 1. The molecule has 0 N–H and O–H groups in total. The molecule has 2 heterocycles. The second-order valence-electron chi connectivity index (χ2n) is 6.16. The van der Waals surface area contributed by atoms with Gasteiger partial charge in [0.1, 0.15) is 6.17 Å². The SMILES string of the molecule is [2H]C([2H])([2H])c1cc(C)c(N2C=CN(C)[C@@H]2C)c2ccc3cccnc3c12. The monoisotopic (exact) mass is 306 g/mol. The number of fused-ring (bicyclic) bond motifs is 3. The van der Waals surface area contributed by atoms with Gasteiger partial charge in [0, 0.05) is 45.9 Å². The van der Waals surface area contributed by atoms with Crippen LogP contribution in [0.5, 0.6) is 0 Å². The van der Waals surface area contributed by atoms with Crippen LogP contribution in [-0.4, -0.2) is 23.1 Å². The molecule has 0 amide bonds. The molecule has 23 heavy (non-hydrogen) atoms. The third-order valence-corrected chi connectivity index (χ3v) is 4.75. The zero-order chi connectivity index (χ0) is 18.6. The Morgan fingerprint density at radius 1 is 1.17 bits per heavy atom. The molecule has 2 aromatic carbocycles. The van der Waals surface area contributed by atoms with Gasteiger partial charge >= 0.3 is 0 Å². The summed E-state index contributed by atoms with van der Waals surface area (Å²) in [5, 5.41) is 2.59. The second-order valence-corrected chi connectivity index (χ2v) is 6.16. The van der Waals surface area contributed by atoms with Crippen LogP contribution in [0.25, 0.3) is 21.7 Å². The zero-order valence-corrected chi connectivity index (χ0v) is 13.5. The number of hydrogen-bond acceptors (Lipinski definition) is 3. The van der Waals surface area contributed by atoms with E-state index in [2.05, 4.69) is 21.7 Å². The van der Waals surface area contributed by atoms with Crippen molar-refractivity contribution in [1.29, 1.82) is 0 Å². The van der Waals surface area contributed by atoms with Crippen LogP contribution in [0.1, 0.15) is 22.2 Å². The molecule has 3 aromatic rings. The highest BCUT2D eigenvalue weighted by atomic mass is 15.4. The van der Waals surface area contributed by atoms with Crippen molar-refractivity contribution in [3.8, 4) is 0 Å². The first-order valence-corrected chi connectivity index (χ1v) is 7.79. The van der Waals surface area contributed by atoms with Gasteiger partial charge < -0.3 is 9.80 Å². The minimum Gasteiger partial charge on any atom is -0.359 e. The minimum absolute atomic E-state index is 0.162. The van der Waals surface area contributed by atoms with Crippen LogP contribution < -0.4 is 4.90 Å². The van der Waals surface area contributed by atoms with Crippen molar-refractivity contribution in [2.24, 2.45) is 0 Å². The van der Waals surface area contributed by atoms with E-state index in [4.69, 9.17) is 4.11 Å². The van der Waals surface area contributed by atoms with Gasteiger partial charge in [0.05, 0.1) is 11.2 Å². The van der Waals surface area contributed by atoms with E-state index in [0.29, 0.717) is 5.56 Å². The summed E-state index contributed by atoms with van der Waals surface area (Å²) >= 11 is 0. The maximum Gasteiger partial charge on any atom is 0.102 e. The molecule has 116 valence electrons. The van der Waals surface area contributed by atoms with Crippen molar-refractivity contribution in [1.82, 2.24) is 9.88 Å². The van der Waals surface area contributed by atoms with Crippen LogP contribution in [0, 0.1) is 13.8 Å². The number of nitrogens with zero attached hydrogens (tertiary/aromatic N) is 3. The summed E-state index contributed by atoms with van der Waals surface area (Å²) in [7, 11) is 2.03. The van der Waals surface area contributed by atoms with Gasteiger partial charge in [-0.05, 0) is 37.9 Å². The third-order valence-electron chi connectivity index (χ3n) is 4.75. The number of pyridine rings is 1. The summed E-state index contributed by atoms with van der Waals surface area (Å²) < 4.78 is 24.1. The molecule has 1 aliphatic rings. The molecular weight excluding hydrogens is 282 g/mol. The standard InChI is InChI=1S/C20H21N3/c1-13-12-14(2)20(23-11-10-22(4)15(23)3)17-8-7-16-6-5-9-21-19(16)18(13)17/h5-12,15H,1-4H3/t15-/m0/s1/i1D3. The fraction of sp³-hybridized carbons (Fsp3) is 0.250. The van der Waals surface area contributed by atoms with Crippen LogP contribution in [0.15, 0.2) is 48.9 Å². The van der Waals surface area contributed by atoms with E-state index in [-0.39, 0.29) is 6.17 Å². The lowest BCUT2D eigenvalue weighted by atomic mass is 9.96. The average molecular weight is 306 g/mol. The first-order chi connectivity index (χ1) is 12.3. The molecule has 1 atom stereocenters. The summed E-state index contributed by atoms with van der Waals surface area (Å²) in [5.41, 5.74) is 3.09. The number of benzene rings is 2. The fourth-order valence-electron chi connectivity index (χ4n) is 3.41. The molecule has 0 aliphatic carbocycles. The first-order valence-electron chi connectivity index (χ1n) is 9.29. The molecule has 0 radical (unpaired) electrons. The minimum atomic E-state index is -2.20. The highest BCUT2D eigenvalue weighted by molar-refractivity contribution is 6.12. The van der Waals surface area contributed by atoms with E-state index >= 15 is 0 Å². The predicted molar refractivity (Wildman–Crippen MR) is 97.6 cm³/mol. The highest BCUT2D eigenvalue weighted by Gasteiger charge is 2.24. The smallest absolute Gasteiger partial charge is 0.102 e. The Bertz CT molecular complexity index is 1040. The molecule has 0 bridgehead atoms. The molecule has 1 aliphatic heterocycles. The summed E-state index contributed by atoms with van der Waals surface area (Å²) in [5.74, 6) is 0. The van der Waals surface area contributed by atoms with Crippen LogP contribution in [0.4, 0.5) is 5.69 Å². The molecule has 0 fully saturated rings. The molecule has 3 heteroatoms. The van der Waals surface area contributed by atoms with E-state index in [0.717, 1.165) is 32.9 Å². The summed E-state index contributed by atoms with van der Waals surface area (Å²) in [6.45, 7) is 1.91. The van der Waals surface area contributed by atoms with Crippen LogP contribution in [-0.2, 0) is 0 Å². The molecule has 0 unspecified atom stereocenters. The summed E-state index contributed by atoms with van der Waals surface area (Å²) in [4.78, 5) is 8.84. The molecule has 0 spiro atoms. The van der Waals surface area contributed by atoms with Gasteiger partial charge in [0.2, 0.25) is 0 Å². The third kappa shape index (κ3) is 2.00. The van der Waals surface area contributed by atoms with Gasteiger partial charge in [0.15, 0.2) is 0 Å². The Labute approximate surface area is 141 Å². The second kappa shape index (κ2) is 4.98. The van der Waals surface area contributed by atoms with Crippen LogP contribution in [0.2, 0.25) is 0 Å². The summed E-state index contributed by atoms with van der Waals surface area (Å²) in [6, 6.07) is 9.69. The van der Waals surface area contributed by atoms with Crippen LogP contribution >= 0.6 is 0 Å². The van der Waals surface area contributed by atoms with Gasteiger partial charge in [0.25, 0.3) is 0 Å². The Kier molecular flexibility index (Phi) is 2.40.